The van der Waals surface area contributed by atoms with Gasteiger partial charge in [0.1, 0.15) is 18.2 Å². The molecular weight excluding hydrogens is 458 g/mol. The average molecular weight is 486 g/mol. The lowest BCUT2D eigenvalue weighted by atomic mass is 9.71. The van der Waals surface area contributed by atoms with E-state index in [0.717, 1.165) is 5.52 Å². The number of aliphatic carboxylic acids is 1. The molecule has 1 aromatic carbocycles. The summed E-state index contributed by atoms with van der Waals surface area (Å²) in [5.74, 6) is -3.26. The van der Waals surface area contributed by atoms with Gasteiger partial charge in [0, 0.05) is 11.8 Å². The number of carbonyl (C=O) groups excluding carboxylic acids is 2. The molecule has 0 saturated carbocycles. The Bertz CT molecular complexity index is 1170. The van der Waals surface area contributed by atoms with Gasteiger partial charge in [0.05, 0.1) is 34.7 Å². The minimum Gasteiger partial charge on any atom is -0.481 e. The molecule has 6 atom stereocenters. The normalized spacial score (nSPS) is 30.5. The number of hydrogen-bond donors (Lipinski definition) is 2. The Morgan fingerprint density at radius 3 is 2.88 bits per heavy atom. The van der Waals surface area contributed by atoms with Crippen molar-refractivity contribution in [1.82, 2.24) is 24.8 Å². The molecule has 2 unspecified atom stereocenters. The predicted molar refractivity (Wildman–Crippen MR) is 125 cm³/mol. The lowest BCUT2D eigenvalue weighted by molar-refractivity contribution is -0.149. The minimum absolute atomic E-state index is 0.106. The Morgan fingerprint density at radius 2 is 2.18 bits per heavy atom. The number of rotatable bonds is 8. The van der Waals surface area contributed by atoms with Gasteiger partial charge in [0.2, 0.25) is 11.8 Å². The third kappa shape index (κ3) is 3.17. The van der Waals surface area contributed by atoms with E-state index < -0.39 is 34.6 Å². The molecule has 4 heterocycles. The average Bonchev–Trinajstić information content (AvgIpc) is 3.57. The molecule has 34 heavy (non-hydrogen) atoms. The molecule has 10 nitrogen and oxygen atoms in total. The van der Waals surface area contributed by atoms with Crippen LogP contribution in [0, 0.1) is 11.8 Å². The highest BCUT2D eigenvalue weighted by Crippen LogP contribution is 2.66. The van der Waals surface area contributed by atoms with Gasteiger partial charge in [-0.1, -0.05) is 23.4 Å². The van der Waals surface area contributed by atoms with Crippen molar-refractivity contribution in [3.05, 3.63) is 36.9 Å². The number of carbonyl (C=O) groups is 3. The zero-order valence-corrected chi connectivity index (χ0v) is 19.6. The number of aliphatic hydroxyl groups excluding tert-OH is 1. The van der Waals surface area contributed by atoms with Gasteiger partial charge < -0.3 is 20.0 Å². The van der Waals surface area contributed by atoms with Crippen LogP contribution in [0.15, 0.2) is 36.9 Å². The molecule has 11 heteroatoms. The number of benzene rings is 1. The van der Waals surface area contributed by atoms with Crippen molar-refractivity contribution in [2.75, 3.05) is 13.2 Å². The summed E-state index contributed by atoms with van der Waals surface area (Å²) in [6, 6.07) is 5.94. The fourth-order valence-corrected chi connectivity index (χ4v) is 8.14. The first-order chi connectivity index (χ1) is 16.3. The van der Waals surface area contributed by atoms with E-state index in [1.165, 1.54) is 16.7 Å². The quantitative estimate of drug-likeness (QED) is 0.529. The van der Waals surface area contributed by atoms with Crippen LogP contribution >= 0.6 is 11.8 Å². The highest BCUT2D eigenvalue weighted by Gasteiger charge is 2.74. The molecule has 1 spiro atoms. The second-order valence-electron chi connectivity index (χ2n) is 9.24. The Labute approximate surface area is 200 Å². The molecule has 180 valence electrons. The molecule has 2 bridgehead atoms. The molecule has 3 fully saturated rings. The monoisotopic (exact) mass is 485 g/mol. The van der Waals surface area contributed by atoms with E-state index in [-0.39, 0.29) is 36.9 Å². The second kappa shape index (κ2) is 8.38. The number of thioether (sulfide) groups is 1. The standard InChI is InChI=1S/C23H27N5O5S/c1-3-10-26(12-27-15-7-5-4-6-14(15)24-25-27)21(31)19-23-9-8-16(34-23)17(22(32)33)18(23)20(30)28(19)13(2)11-29/h3-7,13,16-19,29H,1,8-12H2,2H3,(H,32,33)/t13-,16-,17+,18+,19?,23?/m1/s1. The van der Waals surface area contributed by atoms with Crippen molar-refractivity contribution in [3.8, 4) is 0 Å². The van der Waals surface area contributed by atoms with Crippen LogP contribution in [0.5, 0.6) is 0 Å². The van der Waals surface area contributed by atoms with E-state index in [1.807, 2.05) is 24.3 Å². The summed E-state index contributed by atoms with van der Waals surface area (Å²) in [6.45, 7) is 5.48. The molecule has 2 N–H and O–H groups in total. The van der Waals surface area contributed by atoms with Gasteiger partial charge in [0.15, 0.2) is 0 Å². The molecule has 3 aliphatic rings. The maximum atomic E-state index is 14.2. The van der Waals surface area contributed by atoms with Crippen LogP contribution in [0.1, 0.15) is 19.8 Å². The van der Waals surface area contributed by atoms with Crippen LogP contribution in [-0.4, -0.2) is 88.0 Å². The molecule has 3 aliphatic heterocycles. The van der Waals surface area contributed by atoms with Crippen molar-refractivity contribution in [1.29, 1.82) is 0 Å². The zero-order valence-electron chi connectivity index (χ0n) is 18.8. The van der Waals surface area contributed by atoms with Gasteiger partial charge in [0.25, 0.3) is 0 Å². The molecule has 2 amide bonds. The van der Waals surface area contributed by atoms with E-state index in [9.17, 15) is 24.6 Å². The van der Waals surface area contributed by atoms with Crippen LogP contribution in [0.25, 0.3) is 11.0 Å². The second-order valence-corrected chi connectivity index (χ2v) is 10.8. The smallest absolute Gasteiger partial charge is 0.308 e. The van der Waals surface area contributed by atoms with E-state index in [4.69, 9.17) is 0 Å². The van der Waals surface area contributed by atoms with E-state index in [0.29, 0.717) is 18.4 Å². The van der Waals surface area contributed by atoms with Crippen LogP contribution in [-0.2, 0) is 21.1 Å². The highest BCUT2D eigenvalue weighted by molar-refractivity contribution is 8.02. The summed E-state index contributed by atoms with van der Waals surface area (Å²) < 4.78 is 0.803. The first kappa shape index (κ1) is 22.9. The Morgan fingerprint density at radius 1 is 1.41 bits per heavy atom. The molecule has 5 rings (SSSR count). The maximum Gasteiger partial charge on any atom is 0.308 e. The van der Waals surface area contributed by atoms with Gasteiger partial charge >= 0.3 is 5.97 Å². The number of carboxylic acid groups (broad SMARTS) is 1. The van der Waals surface area contributed by atoms with Gasteiger partial charge in [-0.25, -0.2) is 4.68 Å². The summed E-state index contributed by atoms with van der Waals surface area (Å²) in [5, 5.41) is 28.0. The third-order valence-electron chi connectivity index (χ3n) is 7.38. The van der Waals surface area contributed by atoms with Gasteiger partial charge in [-0.2, -0.15) is 0 Å². The number of hydrogen-bond acceptors (Lipinski definition) is 7. The number of para-hydroxylation sites is 1. The van der Waals surface area contributed by atoms with Gasteiger partial charge in [-0.05, 0) is 31.9 Å². The maximum absolute atomic E-state index is 14.2. The summed E-state index contributed by atoms with van der Waals surface area (Å²) >= 11 is 1.47. The fourth-order valence-electron chi connectivity index (χ4n) is 5.94. The Hall–Kier alpha value is -2.92. The summed E-state index contributed by atoms with van der Waals surface area (Å²) in [5.41, 5.74) is 1.47. The van der Waals surface area contributed by atoms with Crippen LogP contribution < -0.4 is 0 Å². The fraction of sp³-hybridized carbons (Fsp3) is 0.522. The SMILES string of the molecule is C=CCN(Cn1nnc2ccccc21)C(=O)C1N([C@H](C)CO)C(=O)[C@@H]2[C@@H](C(=O)O)[C@H]3CCC12S3. The summed E-state index contributed by atoms with van der Waals surface area (Å²) in [4.78, 5) is 42.9. The van der Waals surface area contributed by atoms with Crippen molar-refractivity contribution in [2.45, 2.75) is 48.5 Å². The molecule has 0 aliphatic carbocycles. The lowest BCUT2D eigenvalue weighted by Crippen LogP contribution is -2.57. The number of amides is 2. The largest absolute Gasteiger partial charge is 0.481 e. The summed E-state index contributed by atoms with van der Waals surface area (Å²) in [7, 11) is 0. The van der Waals surface area contributed by atoms with Crippen molar-refractivity contribution in [2.24, 2.45) is 11.8 Å². The van der Waals surface area contributed by atoms with E-state index >= 15 is 0 Å². The number of aromatic nitrogens is 3. The number of carboxylic acids is 1. The molecule has 3 saturated heterocycles. The third-order valence-corrected chi connectivity index (χ3v) is 9.33. The highest BCUT2D eigenvalue weighted by atomic mass is 32.2. The van der Waals surface area contributed by atoms with Crippen LogP contribution in [0.4, 0.5) is 0 Å². The molecule has 1 aromatic heterocycles. The van der Waals surface area contributed by atoms with Crippen LogP contribution in [0.3, 0.4) is 0 Å². The lowest BCUT2D eigenvalue weighted by Gasteiger charge is -2.38. The van der Waals surface area contributed by atoms with Crippen LogP contribution in [0.2, 0.25) is 0 Å². The Kier molecular flexibility index (Phi) is 5.64. The number of fused-ring (bicyclic) bond motifs is 2. The zero-order chi connectivity index (χ0) is 24.2. The van der Waals surface area contributed by atoms with Gasteiger partial charge in [-0.15, -0.1) is 23.4 Å². The first-order valence-corrected chi connectivity index (χ1v) is 12.2. The van der Waals surface area contributed by atoms with E-state index in [1.54, 1.807) is 22.6 Å². The Balaban J connectivity index is 1.54. The molecule has 0 radical (unpaired) electrons. The van der Waals surface area contributed by atoms with E-state index in [2.05, 4.69) is 16.9 Å². The number of nitrogens with zero attached hydrogens (tertiary/aromatic N) is 5. The van der Waals surface area contributed by atoms with Crippen molar-refractivity contribution < 1.29 is 24.6 Å². The summed E-state index contributed by atoms with van der Waals surface area (Å²) in [6.07, 6.45) is 2.84. The van der Waals surface area contributed by atoms with Crippen molar-refractivity contribution >= 4 is 40.6 Å². The first-order valence-electron chi connectivity index (χ1n) is 11.4. The minimum atomic E-state index is -1.00. The molecular formula is C23H27N5O5S. The predicted octanol–water partition coefficient (Wildman–Crippen LogP) is 0.960. The topological polar surface area (TPSA) is 129 Å². The van der Waals surface area contributed by atoms with Gasteiger partial charge in [-0.3, -0.25) is 14.4 Å². The number of likely N-dealkylation sites (tertiary alicyclic amines) is 1. The molecule has 2 aromatic rings. The number of aliphatic hydroxyl groups is 1. The van der Waals surface area contributed by atoms with Crippen molar-refractivity contribution in [3.63, 3.8) is 0 Å².